The Morgan fingerprint density at radius 3 is 2.41 bits per heavy atom. The van der Waals surface area contributed by atoms with E-state index < -0.39 is 0 Å². The fourth-order valence-corrected chi connectivity index (χ4v) is 3.64. The summed E-state index contributed by atoms with van der Waals surface area (Å²) in [6.07, 6.45) is 6.05. The zero-order valence-corrected chi connectivity index (χ0v) is 13.2. The van der Waals surface area contributed by atoms with Crippen molar-refractivity contribution < 1.29 is 9.59 Å². The molecule has 3 rings (SSSR count). The number of carbonyl (C=O) groups is 2. The molecule has 118 valence electrons. The highest BCUT2D eigenvalue weighted by Gasteiger charge is 2.58. The first-order chi connectivity index (χ1) is 10.6. The minimum Gasteiger partial charge on any atom is -0.354 e. The van der Waals surface area contributed by atoms with E-state index in [1.54, 1.807) is 0 Å². The normalized spacial score (nSPS) is 21.6. The second kappa shape index (κ2) is 6.11. The van der Waals surface area contributed by atoms with Gasteiger partial charge in [0.2, 0.25) is 5.91 Å². The summed E-state index contributed by atoms with van der Waals surface area (Å²) in [5.41, 5.74) is 2.13. The Morgan fingerprint density at radius 2 is 1.73 bits per heavy atom. The molecule has 2 fully saturated rings. The second-order valence-electron chi connectivity index (χ2n) is 6.74. The van der Waals surface area contributed by atoms with Gasteiger partial charge in [0, 0.05) is 24.6 Å². The van der Waals surface area contributed by atoms with Crippen LogP contribution in [0.5, 0.6) is 0 Å². The lowest BCUT2D eigenvalue weighted by Gasteiger charge is -2.10. The standard InChI is InChI=1S/C18H24N2O2/c1-13-4-6-14(7-5-13)16(21)19-10-11-20-17(22)15-12-18(15)8-2-3-9-18/h4-7,15H,2-3,8-12H2,1H3,(H,19,21)(H,20,22). The van der Waals surface area contributed by atoms with Gasteiger partial charge < -0.3 is 10.6 Å². The van der Waals surface area contributed by atoms with E-state index in [1.165, 1.54) is 25.7 Å². The molecular weight excluding hydrogens is 276 g/mol. The van der Waals surface area contributed by atoms with Crippen molar-refractivity contribution in [3.63, 3.8) is 0 Å². The zero-order valence-electron chi connectivity index (χ0n) is 13.2. The summed E-state index contributed by atoms with van der Waals surface area (Å²) in [4.78, 5) is 24.0. The van der Waals surface area contributed by atoms with E-state index in [1.807, 2.05) is 31.2 Å². The molecule has 1 unspecified atom stereocenters. The smallest absolute Gasteiger partial charge is 0.251 e. The summed E-state index contributed by atoms with van der Waals surface area (Å²) in [5.74, 6) is 0.308. The van der Waals surface area contributed by atoms with E-state index in [0.717, 1.165) is 12.0 Å². The first kappa shape index (κ1) is 15.1. The quantitative estimate of drug-likeness (QED) is 0.821. The Kier molecular flexibility index (Phi) is 4.19. The van der Waals surface area contributed by atoms with Crippen molar-refractivity contribution in [2.75, 3.05) is 13.1 Å². The van der Waals surface area contributed by atoms with Gasteiger partial charge in [-0.15, -0.1) is 0 Å². The maximum Gasteiger partial charge on any atom is 0.251 e. The van der Waals surface area contributed by atoms with Crippen LogP contribution < -0.4 is 10.6 Å². The van der Waals surface area contributed by atoms with Crippen LogP contribution in [0, 0.1) is 18.3 Å². The maximum absolute atomic E-state index is 12.1. The van der Waals surface area contributed by atoms with Crippen LogP contribution in [0.2, 0.25) is 0 Å². The molecule has 1 aromatic rings. The molecule has 0 bridgehead atoms. The van der Waals surface area contributed by atoms with Gasteiger partial charge in [0.1, 0.15) is 0 Å². The third-order valence-electron chi connectivity index (χ3n) is 5.13. The number of nitrogens with one attached hydrogen (secondary N) is 2. The topological polar surface area (TPSA) is 58.2 Å². The van der Waals surface area contributed by atoms with Gasteiger partial charge in [-0.05, 0) is 43.7 Å². The third kappa shape index (κ3) is 3.16. The molecule has 0 aliphatic heterocycles. The highest BCUT2D eigenvalue weighted by atomic mass is 16.2. The lowest BCUT2D eigenvalue weighted by molar-refractivity contribution is -0.123. The molecule has 2 amide bonds. The summed E-state index contributed by atoms with van der Waals surface area (Å²) in [6.45, 7) is 2.97. The highest BCUT2D eigenvalue weighted by Crippen LogP contribution is 2.62. The van der Waals surface area contributed by atoms with Gasteiger partial charge in [0.25, 0.3) is 5.91 Å². The molecule has 1 atom stereocenters. The monoisotopic (exact) mass is 300 g/mol. The Labute approximate surface area is 131 Å². The van der Waals surface area contributed by atoms with E-state index in [0.29, 0.717) is 24.1 Å². The molecule has 0 saturated heterocycles. The van der Waals surface area contributed by atoms with E-state index >= 15 is 0 Å². The molecule has 2 aliphatic rings. The number of amides is 2. The highest BCUT2D eigenvalue weighted by molar-refractivity contribution is 5.94. The summed E-state index contributed by atoms with van der Waals surface area (Å²) in [7, 11) is 0. The molecule has 0 aromatic heterocycles. The first-order valence-corrected chi connectivity index (χ1v) is 8.23. The average molecular weight is 300 g/mol. The Hall–Kier alpha value is -1.84. The van der Waals surface area contributed by atoms with E-state index in [-0.39, 0.29) is 17.7 Å². The molecule has 4 nitrogen and oxygen atoms in total. The average Bonchev–Trinajstić information content (AvgIpc) is 3.01. The maximum atomic E-state index is 12.1. The molecule has 1 spiro atoms. The van der Waals surface area contributed by atoms with Crippen molar-refractivity contribution in [2.45, 2.75) is 39.0 Å². The molecule has 2 N–H and O–H groups in total. The van der Waals surface area contributed by atoms with Gasteiger partial charge in [0.15, 0.2) is 0 Å². The lowest BCUT2D eigenvalue weighted by atomic mass is 10.0. The van der Waals surface area contributed by atoms with Crippen molar-refractivity contribution in [1.82, 2.24) is 10.6 Å². The van der Waals surface area contributed by atoms with Crippen LogP contribution in [0.1, 0.15) is 48.0 Å². The van der Waals surface area contributed by atoms with Gasteiger partial charge in [-0.2, -0.15) is 0 Å². The van der Waals surface area contributed by atoms with Crippen molar-refractivity contribution in [3.8, 4) is 0 Å². The van der Waals surface area contributed by atoms with E-state index in [4.69, 9.17) is 0 Å². The summed E-state index contributed by atoms with van der Waals surface area (Å²) >= 11 is 0. The van der Waals surface area contributed by atoms with Crippen molar-refractivity contribution in [2.24, 2.45) is 11.3 Å². The summed E-state index contributed by atoms with van der Waals surface area (Å²) < 4.78 is 0. The molecular formula is C18H24N2O2. The van der Waals surface area contributed by atoms with Crippen LogP contribution in [0.4, 0.5) is 0 Å². The first-order valence-electron chi connectivity index (χ1n) is 8.23. The minimum atomic E-state index is -0.0899. The lowest BCUT2D eigenvalue weighted by Crippen LogP contribution is -2.36. The van der Waals surface area contributed by atoms with Crippen molar-refractivity contribution in [3.05, 3.63) is 35.4 Å². The van der Waals surface area contributed by atoms with Crippen LogP contribution in [0.15, 0.2) is 24.3 Å². The number of hydrogen-bond acceptors (Lipinski definition) is 2. The van der Waals surface area contributed by atoms with Gasteiger partial charge >= 0.3 is 0 Å². The fraction of sp³-hybridized carbons (Fsp3) is 0.556. The molecule has 4 heteroatoms. The predicted octanol–water partition coefficient (Wildman–Crippen LogP) is 2.42. The molecule has 2 aliphatic carbocycles. The number of rotatable bonds is 5. The van der Waals surface area contributed by atoms with Gasteiger partial charge in [-0.25, -0.2) is 0 Å². The molecule has 0 heterocycles. The van der Waals surface area contributed by atoms with E-state index in [9.17, 15) is 9.59 Å². The molecule has 1 aromatic carbocycles. The summed E-state index contributed by atoms with van der Waals surface area (Å²) in [5, 5.41) is 5.80. The molecule has 22 heavy (non-hydrogen) atoms. The third-order valence-corrected chi connectivity index (χ3v) is 5.13. The van der Waals surface area contributed by atoms with Crippen LogP contribution in [-0.2, 0) is 4.79 Å². The number of carbonyl (C=O) groups excluding carboxylic acids is 2. The van der Waals surface area contributed by atoms with Gasteiger partial charge in [-0.3, -0.25) is 9.59 Å². The van der Waals surface area contributed by atoms with Crippen molar-refractivity contribution >= 4 is 11.8 Å². The van der Waals surface area contributed by atoms with Crippen LogP contribution in [-0.4, -0.2) is 24.9 Å². The Balaban J connectivity index is 1.36. The number of aryl methyl sites for hydroxylation is 1. The van der Waals surface area contributed by atoms with Crippen molar-refractivity contribution in [1.29, 1.82) is 0 Å². The second-order valence-corrected chi connectivity index (χ2v) is 6.74. The zero-order chi connectivity index (χ0) is 15.6. The number of benzene rings is 1. The van der Waals surface area contributed by atoms with E-state index in [2.05, 4.69) is 10.6 Å². The molecule has 0 radical (unpaired) electrons. The largest absolute Gasteiger partial charge is 0.354 e. The predicted molar refractivity (Wildman–Crippen MR) is 85.5 cm³/mol. The molecule has 2 saturated carbocycles. The van der Waals surface area contributed by atoms with Crippen LogP contribution in [0.25, 0.3) is 0 Å². The Bertz CT molecular complexity index is 559. The SMILES string of the molecule is Cc1ccc(C(=O)NCCNC(=O)C2CC23CCCC3)cc1. The minimum absolute atomic E-state index is 0.0899. The fourth-order valence-electron chi connectivity index (χ4n) is 3.64. The van der Waals surface area contributed by atoms with Crippen LogP contribution in [0.3, 0.4) is 0 Å². The van der Waals surface area contributed by atoms with Gasteiger partial charge in [-0.1, -0.05) is 30.5 Å². The Morgan fingerprint density at radius 1 is 1.09 bits per heavy atom. The number of hydrogen-bond donors (Lipinski definition) is 2. The summed E-state index contributed by atoms with van der Waals surface area (Å²) in [6, 6.07) is 7.48. The van der Waals surface area contributed by atoms with Gasteiger partial charge in [0.05, 0.1) is 0 Å². The van der Waals surface area contributed by atoms with Crippen LogP contribution >= 0.6 is 0 Å².